The van der Waals surface area contributed by atoms with Crippen LogP contribution in [-0.2, 0) is 0 Å². The minimum atomic E-state index is -0.625. The zero-order valence-corrected chi connectivity index (χ0v) is 9.14. The van der Waals surface area contributed by atoms with Crippen molar-refractivity contribution in [2.24, 2.45) is 0 Å². The Hall–Kier alpha value is -1.98. The second kappa shape index (κ2) is 5.20. The molecule has 0 saturated heterocycles. The number of rotatable bonds is 4. The van der Waals surface area contributed by atoms with Gasteiger partial charge in [-0.3, -0.25) is 4.79 Å². The topological polar surface area (TPSA) is 85.1 Å². The molecule has 1 aromatic rings. The van der Waals surface area contributed by atoms with Crippen LogP contribution in [0.25, 0.3) is 0 Å². The van der Waals surface area contributed by atoms with Gasteiger partial charge in [-0.05, 0) is 29.3 Å². The lowest BCUT2D eigenvalue weighted by Gasteiger charge is -2.10. The largest absolute Gasteiger partial charge is 0.364 e. The highest BCUT2D eigenvalue weighted by molar-refractivity contribution is 5.94. The number of carbonyl (C=O) groups is 1. The number of nitrogens with one attached hydrogen (secondary N) is 1. The predicted octanol–water partition coefficient (Wildman–Crippen LogP) is 1.52. The Bertz CT molecular complexity index is 406. The zero-order chi connectivity index (χ0) is 12.1. The Morgan fingerprint density at radius 1 is 1.69 bits per heavy atom. The summed E-state index contributed by atoms with van der Waals surface area (Å²) in [6, 6.07) is 2.65. The molecule has 0 bridgehead atoms. The van der Waals surface area contributed by atoms with Gasteiger partial charge in [-0.25, -0.2) is 0 Å². The van der Waals surface area contributed by atoms with Gasteiger partial charge >= 0.3 is 5.82 Å². The number of hydrogen-bond acceptors (Lipinski definition) is 4. The van der Waals surface area contributed by atoms with Gasteiger partial charge in [0.1, 0.15) is 6.20 Å². The third kappa shape index (κ3) is 3.01. The van der Waals surface area contributed by atoms with E-state index in [1.165, 1.54) is 12.3 Å². The molecule has 0 radical (unpaired) electrons. The highest BCUT2D eigenvalue weighted by atomic mass is 16.6. The van der Waals surface area contributed by atoms with E-state index in [0.717, 1.165) is 12.5 Å². The van der Waals surface area contributed by atoms with Crippen LogP contribution >= 0.6 is 0 Å². The molecule has 6 nitrogen and oxygen atoms in total. The lowest BCUT2D eigenvalue weighted by atomic mass is 10.2. The quantitative estimate of drug-likeness (QED) is 0.619. The van der Waals surface area contributed by atoms with Crippen LogP contribution in [0.1, 0.15) is 30.6 Å². The lowest BCUT2D eigenvalue weighted by Crippen LogP contribution is -2.31. The van der Waals surface area contributed by atoms with Gasteiger partial charge in [0.05, 0.1) is 5.56 Å². The average Bonchev–Trinajstić information content (AvgIpc) is 2.28. The molecule has 1 heterocycles. The second-order valence-electron chi connectivity index (χ2n) is 3.44. The van der Waals surface area contributed by atoms with Crippen molar-refractivity contribution in [3.63, 3.8) is 0 Å². The van der Waals surface area contributed by atoms with Crippen LogP contribution in [-0.4, -0.2) is 21.9 Å². The molecule has 1 N–H and O–H groups in total. The number of amides is 1. The first-order valence-corrected chi connectivity index (χ1v) is 4.96. The zero-order valence-electron chi connectivity index (χ0n) is 9.14. The maximum absolute atomic E-state index is 11.6. The monoisotopic (exact) mass is 223 g/mol. The maximum atomic E-state index is 11.6. The fraction of sp³-hybridized carbons (Fsp3) is 0.400. The molecule has 0 aromatic carbocycles. The van der Waals surface area contributed by atoms with Gasteiger partial charge in [0.2, 0.25) is 0 Å². The van der Waals surface area contributed by atoms with Gasteiger partial charge in [0, 0.05) is 12.1 Å². The molecule has 0 spiro atoms. The maximum Gasteiger partial charge on any atom is 0.364 e. The molecular formula is C10H13N3O3. The van der Waals surface area contributed by atoms with E-state index in [1.54, 1.807) is 0 Å². The summed E-state index contributed by atoms with van der Waals surface area (Å²) in [6.07, 6.45) is 2.06. The summed E-state index contributed by atoms with van der Waals surface area (Å²) >= 11 is 0. The first-order chi connectivity index (χ1) is 7.54. The molecule has 1 amide bonds. The Morgan fingerprint density at radius 2 is 2.38 bits per heavy atom. The number of pyridine rings is 1. The van der Waals surface area contributed by atoms with Gasteiger partial charge < -0.3 is 15.4 Å². The second-order valence-corrected chi connectivity index (χ2v) is 3.44. The van der Waals surface area contributed by atoms with E-state index in [1.807, 2.05) is 13.8 Å². The molecule has 86 valence electrons. The molecule has 1 aromatic heterocycles. The molecule has 0 aliphatic carbocycles. The van der Waals surface area contributed by atoms with E-state index in [2.05, 4.69) is 10.3 Å². The fourth-order valence-corrected chi connectivity index (χ4v) is 1.07. The van der Waals surface area contributed by atoms with Crippen LogP contribution in [0.4, 0.5) is 5.82 Å². The summed E-state index contributed by atoms with van der Waals surface area (Å²) in [6.45, 7) is 3.81. The molecule has 1 unspecified atom stereocenters. The molecule has 6 heteroatoms. The van der Waals surface area contributed by atoms with Gasteiger partial charge in [0.25, 0.3) is 5.91 Å². The van der Waals surface area contributed by atoms with Crippen LogP contribution in [0.3, 0.4) is 0 Å². The number of aromatic nitrogens is 1. The standard InChI is InChI=1S/C10H13N3O3/c1-3-7(2)12-10(14)8-4-5-11-9(6-8)13(15)16/h4-7H,3H2,1-2H3,(H,12,14). The highest BCUT2D eigenvalue weighted by Crippen LogP contribution is 2.09. The van der Waals surface area contributed by atoms with E-state index in [0.29, 0.717) is 0 Å². The molecule has 0 saturated carbocycles. The first kappa shape index (κ1) is 12.1. The van der Waals surface area contributed by atoms with Crippen molar-refractivity contribution < 1.29 is 9.72 Å². The van der Waals surface area contributed by atoms with Gasteiger partial charge in [-0.15, -0.1) is 0 Å². The predicted molar refractivity (Wildman–Crippen MR) is 58.1 cm³/mol. The van der Waals surface area contributed by atoms with Crippen LogP contribution in [0.15, 0.2) is 18.3 Å². The van der Waals surface area contributed by atoms with E-state index in [-0.39, 0.29) is 23.3 Å². The van der Waals surface area contributed by atoms with Crippen LogP contribution in [0.5, 0.6) is 0 Å². The van der Waals surface area contributed by atoms with Crippen LogP contribution in [0.2, 0.25) is 0 Å². The van der Waals surface area contributed by atoms with Crippen molar-refractivity contribution in [2.45, 2.75) is 26.3 Å². The minimum Gasteiger partial charge on any atom is -0.358 e. The molecule has 16 heavy (non-hydrogen) atoms. The molecule has 0 fully saturated rings. The number of nitrogens with zero attached hydrogens (tertiary/aromatic N) is 2. The normalized spacial score (nSPS) is 11.9. The Balaban J connectivity index is 2.83. The average molecular weight is 223 g/mol. The van der Waals surface area contributed by atoms with E-state index in [4.69, 9.17) is 0 Å². The fourth-order valence-electron chi connectivity index (χ4n) is 1.07. The summed E-state index contributed by atoms with van der Waals surface area (Å²) in [7, 11) is 0. The van der Waals surface area contributed by atoms with Crippen molar-refractivity contribution in [2.75, 3.05) is 0 Å². The van der Waals surface area contributed by atoms with Crippen LogP contribution in [0, 0.1) is 10.1 Å². The SMILES string of the molecule is CCC(C)NC(=O)c1ccnc([N+](=O)[O-])c1. The highest BCUT2D eigenvalue weighted by Gasteiger charge is 2.13. The molecular weight excluding hydrogens is 210 g/mol. The van der Waals surface area contributed by atoms with Crippen molar-refractivity contribution in [3.8, 4) is 0 Å². The smallest absolute Gasteiger partial charge is 0.358 e. The Labute approximate surface area is 92.8 Å². The minimum absolute atomic E-state index is 0.0414. The van der Waals surface area contributed by atoms with Gasteiger partial charge in [-0.1, -0.05) is 6.92 Å². The van der Waals surface area contributed by atoms with Crippen LogP contribution < -0.4 is 5.32 Å². The van der Waals surface area contributed by atoms with Crippen molar-refractivity contribution in [3.05, 3.63) is 34.0 Å². The molecule has 0 aliphatic heterocycles. The van der Waals surface area contributed by atoms with Gasteiger partial charge in [0.15, 0.2) is 0 Å². The van der Waals surface area contributed by atoms with E-state index < -0.39 is 4.92 Å². The van der Waals surface area contributed by atoms with Crippen molar-refractivity contribution >= 4 is 11.7 Å². The van der Waals surface area contributed by atoms with Crippen molar-refractivity contribution in [1.82, 2.24) is 10.3 Å². The number of hydrogen-bond donors (Lipinski definition) is 1. The summed E-state index contributed by atoms with van der Waals surface area (Å²) in [5.74, 6) is -0.642. The number of nitro groups is 1. The number of carbonyl (C=O) groups excluding carboxylic acids is 1. The Kier molecular flexibility index (Phi) is 3.93. The first-order valence-electron chi connectivity index (χ1n) is 4.96. The molecule has 1 atom stereocenters. The summed E-state index contributed by atoms with van der Waals surface area (Å²) < 4.78 is 0. The Morgan fingerprint density at radius 3 is 2.94 bits per heavy atom. The van der Waals surface area contributed by atoms with Gasteiger partial charge in [-0.2, -0.15) is 0 Å². The summed E-state index contributed by atoms with van der Waals surface area (Å²) in [4.78, 5) is 25.0. The molecule has 1 rings (SSSR count). The van der Waals surface area contributed by atoms with Crippen molar-refractivity contribution in [1.29, 1.82) is 0 Å². The summed E-state index contributed by atoms with van der Waals surface area (Å²) in [5, 5.41) is 13.2. The molecule has 0 aliphatic rings. The van der Waals surface area contributed by atoms with E-state index in [9.17, 15) is 14.9 Å². The lowest BCUT2D eigenvalue weighted by molar-refractivity contribution is -0.389. The summed E-state index contributed by atoms with van der Waals surface area (Å²) in [5.41, 5.74) is 0.252. The van der Waals surface area contributed by atoms with E-state index >= 15 is 0 Å². The third-order valence-corrected chi connectivity index (χ3v) is 2.18. The third-order valence-electron chi connectivity index (χ3n) is 2.18.